The lowest BCUT2D eigenvalue weighted by atomic mass is 10.1. The van der Waals surface area contributed by atoms with Crippen LogP contribution in [-0.4, -0.2) is 5.91 Å². The van der Waals surface area contributed by atoms with Gasteiger partial charge >= 0.3 is 5.63 Å². The monoisotopic (exact) mass is 257 g/mol. The number of carbonyl (C=O) groups is 1. The quantitative estimate of drug-likeness (QED) is 0.680. The fourth-order valence-corrected chi connectivity index (χ4v) is 2.19. The second-order valence-corrected chi connectivity index (χ2v) is 4.39. The molecule has 0 bridgehead atoms. The number of nitrogens with one attached hydrogen (secondary N) is 1. The third-order valence-corrected chi connectivity index (χ3v) is 2.96. The summed E-state index contributed by atoms with van der Waals surface area (Å²) in [6.07, 6.45) is 1.50. The van der Waals surface area contributed by atoms with Gasteiger partial charge in [0.15, 0.2) is 5.58 Å². The molecule has 0 spiro atoms. The Hall–Kier alpha value is -2.56. The topological polar surface area (TPSA) is 72.5 Å². The van der Waals surface area contributed by atoms with E-state index in [0.717, 1.165) is 10.9 Å². The maximum Gasteiger partial charge on any atom is 0.336 e. The van der Waals surface area contributed by atoms with Crippen LogP contribution < -0.4 is 10.9 Å². The maximum absolute atomic E-state index is 11.5. The van der Waals surface area contributed by atoms with Crippen molar-refractivity contribution in [2.45, 2.75) is 13.8 Å². The van der Waals surface area contributed by atoms with Gasteiger partial charge in [0.05, 0.1) is 17.3 Å². The van der Waals surface area contributed by atoms with Crippen molar-refractivity contribution in [2.75, 3.05) is 5.32 Å². The van der Waals surface area contributed by atoms with Crippen molar-refractivity contribution in [2.24, 2.45) is 0 Å². The molecule has 0 aliphatic heterocycles. The van der Waals surface area contributed by atoms with Crippen LogP contribution in [0.1, 0.15) is 12.5 Å². The molecule has 2 aromatic heterocycles. The van der Waals surface area contributed by atoms with E-state index in [-0.39, 0.29) is 5.91 Å². The fourth-order valence-electron chi connectivity index (χ4n) is 2.19. The molecule has 2 heterocycles. The molecule has 1 amide bonds. The minimum absolute atomic E-state index is 0.188. The summed E-state index contributed by atoms with van der Waals surface area (Å²) < 4.78 is 10.6. The predicted molar refractivity (Wildman–Crippen MR) is 71.3 cm³/mol. The molecule has 96 valence electrons. The predicted octanol–water partition coefficient (Wildman–Crippen LogP) is 2.81. The molecule has 0 fully saturated rings. The van der Waals surface area contributed by atoms with E-state index < -0.39 is 5.63 Å². The molecule has 3 rings (SSSR count). The molecule has 19 heavy (non-hydrogen) atoms. The number of benzene rings is 1. The molecule has 0 unspecified atom stereocenters. The molecule has 0 radical (unpaired) electrons. The molecular formula is C14H11NO4. The van der Waals surface area contributed by atoms with Crippen molar-refractivity contribution in [1.29, 1.82) is 0 Å². The van der Waals surface area contributed by atoms with E-state index in [1.54, 1.807) is 12.1 Å². The smallest absolute Gasteiger partial charge is 0.336 e. The molecule has 0 saturated heterocycles. The molecule has 1 aromatic carbocycles. The number of furan rings is 1. The number of hydrogen-bond acceptors (Lipinski definition) is 4. The summed E-state index contributed by atoms with van der Waals surface area (Å²) in [5.74, 6) is -0.188. The Morgan fingerprint density at radius 3 is 2.74 bits per heavy atom. The van der Waals surface area contributed by atoms with Crippen molar-refractivity contribution in [3.63, 3.8) is 0 Å². The van der Waals surface area contributed by atoms with E-state index in [1.165, 1.54) is 19.3 Å². The number of aryl methyl sites for hydroxylation is 1. The summed E-state index contributed by atoms with van der Waals surface area (Å²) in [5, 5.41) is 4.16. The first-order chi connectivity index (χ1) is 9.06. The van der Waals surface area contributed by atoms with E-state index >= 15 is 0 Å². The molecule has 0 atom stereocenters. The van der Waals surface area contributed by atoms with Gasteiger partial charge in [-0.15, -0.1) is 0 Å². The van der Waals surface area contributed by atoms with Crippen LogP contribution in [0.3, 0.4) is 0 Å². The lowest BCUT2D eigenvalue weighted by molar-refractivity contribution is -0.114. The highest BCUT2D eigenvalue weighted by Gasteiger charge is 2.14. The minimum atomic E-state index is -0.403. The minimum Gasteiger partial charge on any atom is -0.462 e. The average Bonchev–Trinajstić information content (AvgIpc) is 2.79. The van der Waals surface area contributed by atoms with Crippen molar-refractivity contribution in [1.82, 2.24) is 0 Å². The average molecular weight is 257 g/mol. The highest BCUT2D eigenvalue weighted by molar-refractivity contribution is 6.11. The molecular weight excluding hydrogens is 246 g/mol. The van der Waals surface area contributed by atoms with Gasteiger partial charge in [0.25, 0.3) is 0 Å². The zero-order valence-corrected chi connectivity index (χ0v) is 10.4. The summed E-state index contributed by atoms with van der Waals surface area (Å²) in [7, 11) is 0. The first-order valence-corrected chi connectivity index (χ1v) is 5.78. The van der Waals surface area contributed by atoms with Gasteiger partial charge in [-0.05, 0) is 24.6 Å². The van der Waals surface area contributed by atoms with Crippen LogP contribution in [-0.2, 0) is 4.79 Å². The third-order valence-electron chi connectivity index (χ3n) is 2.96. The van der Waals surface area contributed by atoms with Gasteiger partial charge in [0.2, 0.25) is 5.91 Å². The Kier molecular flexibility index (Phi) is 2.41. The summed E-state index contributed by atoms with van der Waals surface area (Å²) in [6.45, 7) is 3.25. The van der Waals surface area contributed by atoms with Gasteiger partial charge in [0.1, 0.15) is 5.58 Å². The van der Waals surface area contributed by atoms with Crippen molar-refractivity contribution >= 4 is 33.5 Å². The van der Waals surface area contributed by atoms with E-state index in [0.29, 0.717) is 22.2 Å². The number of anilines is 1. The first kappa shape index (κ1) is 11.5. The molecule has 3 aromatic rings. The van der Waals surface area contributed by atoms with E-state index in [4.69, 9.17) is 8.83 Å². The van der Waals surface area contributed by atoms with E-state index in [9.17, 15) is 9.59 Å². The number of amides is 1. The number of fused-ring (bicyclic) bond motifs is 3. The molecule has 5 heteroatoms. The molecule has 0 saturated carbocycles. The van der Waals surface area contributed by atoms with Crippen molar-refractivity contribution in [3.05, 3.63) is 40.4 Å². The maximum atomic E-state index is 11.5. The van der Waals surface area contributed by atoms with Gasteiger partial charge in [-0.3, -0.25) is 4.79 Å². The molecule has 0 aliphatic rings. The van der Waals surface area contributed by atoms with Crippen LogP contribution >= 0.6 is 0 Å². The van der Waals surface area contributed by atoms with Gasteiger partial charge in [-0.2, -0.15) is 0 Å². The Bertz CT molecular complexity index is 857. The van der Waals surface area contributed by atoms with Crippen LogP contribution in [0.15, 0.2) is 38.1 Å². The van der Waals surface area contributed by atoms with Gasteiger partial charge in [0, 0.05) is 18.4 Å². The highest BCUT2D eigenvalue weighted by Crippen LogP contribution is 2.33. The Labute approximate surface area is 107 Å². The second-order valence-electron chi connectivity index (χ2n) is 4.39. The Morgan fingerprint density at radius 2 is 2.00 bits per heavy atom. The van der Waals surface area contributed by atoms with Crippen LogP contribution in [0.2, 0.25) is 0 Å². The van der Waals surface area contributed by atoms with Crippen LogP contribution in [0, 0.1) is 6.92 Å². The largest absolute Gasteiger partial charge is 0.462 e. The number of carbonyl (C=O) groups excluding carboxylic acids is 1. The van der Waals surface area contributed by atoms with E-state index in [2.05, 4.69) is 5.32 Å². The Morgan fingerprint density at radius 1 is 1.21 bits per heavy atom. The zero-order chi connectivity index (χ0) is 13.6. The SMILES string of the molecule is CC(=O)Nc1cc2c(C)cc(=O)oc2c2ccoc12. The molecule has 0 aliphatic carbocycles. The lowest BCUT2D eigenvalue weighted by Crippen LogP contribution is -2.06. The van der Waals surface area contributed by atoms with Crippen LogP contribution in [0.4, 0.5) is 5.69 Å². The van der Waals surface area contributed by atoms with Gasteiger partial charge < -0.3 is 14.2 Å². The first-order valence-electron chi connectivity index (χ1n) is 5.78. The van der Waals surface area contributed by atoms with Crippen LogP contribution in [0.25, 0.3) is 21.9 Å². The van der Waals surface area contributed by atoms with E-state index in [1.807, 2.05) is 6.92 Å². The van der Waals surface area contributed by atoms with Gasteiger partial charge in [-0.1, -0.05) is 0 Å². The number of rotatable bonds is 1. The van der Waals surface area contributed by atoms with Crippen molar-refractivity contribution in [3.8, 4) is 0 Å². The molecule has 1 N–H and O–H groups in total. The number of hydrogen-bond donors (Lipinski definition) is 1. The van der Waals surface area contributed by atoms with Gasteiger partial charge in [-0.25, -0.2) is 4.79 Å². The third kappa shape index (κ3) is 1.79. The standard InChI is InChI=1S/C14H11NO4/c1-7-5-12(17)19-13-9-3-4-18-14(9)11(6-10(7)13)15-8(2)16/h3-6H,1-2H3,(H,15,16). The van der Waals surface area contributed by atoms with Crippen molar-refractivity contribution < 1.29 is 13.6 Å². The second kappa shape index (κ2) is 3.98. The summed E-state index contributed by atoms with van der Waals surface area (Å²) in [4.78, 5) is 22.7. The Balaban J connectivity index is 2.48. The lowest BCUT2D eigenvalue weighted by Gasteiger charge is -2.07. The van der Waals surface area contributed by atoms with Crippen LogP contribution in [0.5, 0.6) is 0 Å². The summed E-state index contributed by atoms with van der Waals surface area (Å²) in [6, 6.07) is 4.89. The summed E-state index contributed by atoms with van der Waals surface area (Å²) in [5.41, 5.74) is 1.93. The highest BCUT2D eigenvalue weighted by atomic mass is 16.4. The fraction of sp³-hybridized carbons (Fsp3) is 0.143. The normalized spacial score (nSPS) is 11.1. The molecule has 5 nitrogen and oxygen atoms in total. The zero-order valence-electron chi connectivity index (χ0n) is 10.4. The summed E-state index contributed by atoms with van der Waals surface area (Å²) >= 11 is 0.